The first-order valence-electron chi connectivity index (χ1n) is 5.10. The van der Waals surface area contributed by atoms with E-state index in [0.29, 0.717) is 13.2 Å². The van der Waals surface area contributed by atoms with Gasteiger partial charge in [-0.3, -0.25) is 11.3 Å². The van der Waals surface area contributed by atoms with E-state index in [0.717, 1.165) is 5.56 Å². The summed E-state index contributed by atoms with van der Waals surface area (Å²) < 4.78 is 23.3. The van der Waals surface area contributed by atoms with Crippen molar-refractivity contribution < 1.29 is 13.9 Å². The molecule has 16 heavy (non-hydrogen) atoms. The first kappa shape index (κ1) is 12.9. The number of hydrogen-bond donors (Lipinski definition) is 2. The zero-order valence-electron chi connectivity index (χ0n) is 9.50. The molecule has 0 aliphatic rings. The van der Waals surface area contributed by atoms with Crippen molar-refractivity contribution in [2.45, 2.75) is 13.0 Å². The molecule has 1 rings (SSSR count). The lowest BCUT2D eigenvalue weighted by molar-refractivity contribution is 0.123. The summed E-state index contributed by atoms with van der Waals surface area (Å²) >= 11 is 0. The zero-order valence-corrected chi connectivity index (χ0v) is 9.50. The van der Waals surface area contributed by atoms with Gasteiger partial charge in [-0.25, -0.2) is 4.39 Å². The summed E-state index contributed by atoms with van der Waals surface area (Å²) in [5.41, 5.74) is 3.45. The topological polar surface area (TPSA) is 56.5 Å². The van der Waals surface area contributed by atoms with Gasteiger partial charge in [0.25, 0.3) is 0 Å². The minimum Gasteiger partial charge on any atom is -0.494 e. The summed E-state index contributed by atoms with van der Waals surface area (Å²) in [5, 5.41) is 0. The Kier molecular flexibility index (Phi) is 5.18. The van der Waals surface area contributed by atoms with E-state index in [1.54, 1.807) is 12.1 Å². The van der Waals surface area contributed by atoms with Crippen molar-refractivity contribution in [1.29, 1.82) is 0 Å². The zero-order chi connectivity index (χ0) is 12.0. The summed E-state index contributed by atoms with van der Waals surface area (Å²) in [6.07, 6.45) is 0. The van der Waals surface area contributed by atoms with Crippen LogP contribution in [-0.2, 0) is 4.74 Å². The van der Waals surface area contributed by atoms with Gasteiger partial charge in [-0.1, -0.05) is 6.07 Å². The van der Waals surface area contributed by atoms with E-state index in [1.165, 1.54) is 13.2 Å². The summed E-state index contributed by atoms with van der Waals surface area (Å²) in [7, 11) is 1.43. The van der Waals surface area contributed by atoms with Gasteiger partial charge >= 0.3 is 0 Å². The Morgan fingerprint density at radius 3 is 2.81 bits per heavy atom. The summed E-state index contributed by atoms with van der Waals surface area (Å²) in [6, 6.07) is 4.44. The molecule has 0 radical (unpaired) electrons. The molecular formula is C11H17FN2O2. The number of hydrazine groups is 1. The molecule has 0 aliphatic heterocycles. The molecule has 0 saturated carbocycles. The van der Waals surface area contributed by atoms with E-state index in [4.69, 9.17) is 15.3 Å². The third-order valence-electron chi connectivity index (χ3n) is 2.27. The normalized spacial score (nSPS) is 12.5. The largest absolute Gasteiger partial charge is 0.494 e. The van der Waals surface area contributed by atoms with E-state index in [2.05, 4.69) is 5.43 Å². The predicted octanol–water partition coefficient (Wildman–Crippen LogP) is 1.38. The summed E-state index contributed by atoms with van der Waals surface area (Å²) in [5.74, 6) is 5.22. The molecule has 90 valence electrons. The van der Waals surface area contributed by atoms with Crippen molar-refractivity contribution in [1.82, 2.24) is 5.43 Å². The molecule has 0 aliphatic carbocycles. The van der Waals surface area contributed by atoms with Crippen LogP contribution in [0.1, 0.15) is 18.5 Å². The fourth-order valence-electron chi connectivity index (χ4n) is 1.37. The lowest BCUT2D eigenvalue weighted by Crippen LogP contribution is -2.31. The lowest BCUT2D eigenvalue weighted by atomic mass is 10.1. The fraction of sp³-hybridized carbons (Fsp3) is 0.455. The molecule has 5 heteroatoms. The van der Waals surface area contributed by atoms with Gasteiger partial charge in [0.2, 0.25) is 0 Å². The first-order chi connectivity index (χ1) is 7.72. The highest BCUT2D eigenvalue weighted by Crippen LogP contribution is 2.22. The van der Waals surface area contributed by atoms with Gasteiger partial charge in [0.15, 0.2) is 11.6 Å². The SMILES string of the molecule is CCOCC(NN)c1ccc(F)c(OC)c1. The van der Waals surface area contributed by atoms with Crippen molar-refractivity contribution in [2.24, 2.45) is 5.84 Å². The summed E-state index contributed by atoms with van der Waals surface area (Å²) in [6.45, 7) is 2.94. The Labute approximate surface area is 94.5 Å². The van der Waals surface area contributed by atoms with E-state index in [1.807, 2.05) is 6.92 Å². The maximum atomic E-state index is 13.2. The van der Waals surface area contributed by atoms with Crippen LogP contribution < -0.4 is 16.0 Å². The van der Waals surface area contributed by atoms with Crippen LogP contribution in [0.4, 0.5) is 4.39 Å². The van der Waals surface area contributed by atoms with Gasteiger partial charge < -0.3 is 9.47 Å². The molecule has 0 fully saturated rings. The Morgan fingerprint density at radius 1 is 1.50 bits per heavy atom. The lowest BCUT2D eigenvalue weighted by Gasteiger charge is -2.16. The Balaban J connectivity index is 2.83. The highest BCUT2D eigenvalue weighted by molar-refractivity contribution is 5.32. The Morgan fingerprint density at radius 2 is 2.25 bits per heavy atom. The van der Waals surface area contributed by atoms with E-state index >= 15 is 0 Å². The van der Waals surface area contributed by atoms with Crippen LogP contribution in [0.15, 0.2) is 18.2 Å². The molecular weight excluding hydrogens is 211 g/mol. The highest BCUT2D eigenvalue weighted by Gasteiger charge is 2.12. The Bertz CT molecular complexity index is 334. The van der Waals surface area contributed by atoms with E-state index in [9.17, 15) is 4.39 Å². The van der Waals surface area contributed by atoms with Gasteiger partial charge in [0, 0.05) is 6.61 Å². The summed E-state index contributed by atoms with van der Waals surface area (Å²) in [4.78, 5) is 0. The molecule has 1 unspecified atom stereocenters. The van der Waals surface area contributed by atoms with Gasteiger partial charge in [-0.05, 0) is 24.6 Å². The quantitative estimate of drug-likeness (QED) is 0.570. The average molecular weight is 228 g/mol. The predicted molar refractivity (Wildman–Crippen MR) is 59.5 cm³/mol. The van der Waals surface area contributed by atoms with Crippen molar-refractivity contribution in [3.05, 3.63) is 29.6 Å². The van der Waals surface area contributed by atoms with Crippen LogP contribution in [0.25, 0.3) is 0 Å². The second-order valence-electron chi connectivity index (χ2n) is 3.27. The number of benzene rings is 1. The molecule has 0 aromatic heterocycles. The van der Waals surface area contributed by atoms with Gasteiger partial charge in [-0.15, -0.1) is 0 Å². The van der Waals surface area contributed by atoms with Crippen LogP contribution in [0.5, 0.6) is 5.75 Å². The van der Waals surface area contributed by atoms with Gasteiger partial charge in [0.05, 0.1) is 19.8 Å². The van der Waals surface area contributed by atoms with Crippen molar-refractivity contribution in [3.8, 4) is 5.75 Å². The fourth-order valence-corrected chi connectivity index (χ4v) is 1.37. The third-order valence-corrected chi connectivity index (χ3v) is 2.27. The maximum Gasteiger partial charge on any atom is 0.165 e. The molecule has 0 saturated heterocycles. The van der Waals surface area contributed by atoms with Crippen LogP contribution in [0.3, 0.4) is 0 Å². The van der Waals surface area contributed by atoms with Crippen LogP contribution in [0.2, 0.25) is 0 Å². The first-order valence-corrected chi connectivity index (χ1v) is 5.10. The van der Waals surface area contributed by atoms with E-state index < -0.39 is 5.82 Å². The van der Waals surface area contributed by atoms with Crippen LogP contribution in [0, 0.1) is 5.82 Å². The number of ether oxygens (including phenoxy) is 2. The Hall–Kier alpha value is -1.17. The molecule has 1 atom stereocenters. The second kappa shape index (κ2) is 6.42. The third kappa shape index (κ3) is 3.16. The van der Waals surface area contributed by atoms with Crippen LogP contribution >= 0.6 is 0 Å². The number of nitrogens with two attached hydrogens (primary N) is 1. The smallest absolute Gasteiger partial charge is 0.165 e. The highest BCUT2D eigenvalue weighted by atomic mass is 19.1. The minimum absolute atomic E-state index is 0.172. The standard InChI is InChI=1S/C11H17FN2O2/c1-3-16-7-10(14-13)8-4-5-9(12)11(6-8)15-2/h4-6,10,14H,3,7,13H2,1-2H3. The average Bonchev–Trinajstić information content (AvgIpc) is 2.32. The maximum absolute atomic E-state index is 13.2. The molecule has 4 nitrogen and oxygen atoms in total. The minimum atomic E-state index is -0.390. The number of nitrogens with one attached hydrogen (secondary N) is 1. The molecule has 0 heterocycles. The monoisotopic (exact) mass is 228 g/mol. The molecule has 0 amide bonds. The van der Waals surface area contributed by atoms with Gasteiger partial charge in [-0.2, -0.15) is 0 Å². The van der Waals surface area contributed by atoms with Crippen molar-refractivity contribution in [3.63, 3.8) is 0 Å². The van der Waals surface area contributed by atoms with Crippen molar-refractivity contribution in [2.75, 3.05) is 20.3 Å². The molecule has 0 bridgehead atoms. The van der Waals surface area contributed by atoms with Gasteiger partial charge in [0.1, 0.15) is 0 Å². The molecule has 1 aromatic carbocycles. The van der Waals surface area contributed by atoms with Crippen LogP contribution in [-0.4, -0.2) is 20.3 Å². The molecule has 1 aromatic rings. The second-order valence-corrected chi connectivity index (χ2v) is 3.27. The number of hydrogen-bond acceptors (Lipinski definition) is 4. The van der Waals surface area contributed by atoms with E-state index in [-0.39, 0.29) is 11.8 Å². The number of methoxy groups -OCH3 is 1. The number of rotatable bonds is 6. The number of halogens is 1. The molecule has 3 N–H and O–H groups in total. The van der Waals surface area contributed by atoms with Crippen molar-refractivity contribution >= 4 is 0 Å². The molecule has 0 spiro atoms.